The predicted molar refractivity (Wildman–Crippen MR) is 97.8 cm³/mol. The first-order chi connectivity index (χ1) is 13.3. The molecular weight excluding hydrogens is 371 g/mol. The Morgan fingerprint density at radius 3 is 2.54 bits per heavy atom. The molecule has 0 atom stereocenters. The molecule has 2 aliphatic rings. The summed E-state index contributed by atoms with van der Waals surface area (Å²) in [6.45, 7) is -0.0299. The summed E-state index contributed by atoms with van der Waals surface area (Å²) in [6.07, 6.45) is 1.89. The van der Waals surface area contributed by atoms with E-state index < -0.39 is 12.0 Å². The molecule has 2 aromatic rings. The third-order valence-electron chi connectivity index (χ3n) is 5.56. The van der Waals surface area contributed by atoms with Crippen molar-refractivity contribution in [2.45, 2.75) is 43.9 Å². The van der Waals surface area contributed by atoms with Crippen LogP contribution in [0.4, 0.5) is 23.8 Å². The monoisotopic (exact) mass is 393 g/mol. The highest BCUT2D eigenvalue weighted by atomic mass is 19.3. The smallest absolute Gasteiger partial charge is 0.412 e. The Morgan fingerprint density at radius 2 is 1.96 bits per heavy atom. The summed E-state index contributed by atoms with van der Waals surface area (Å²) in [5.41, 5.74) is 2.56. The highest BCUT2D eigenvalue weighted by Crippen LogP contribution is 2.45. The Kier molecular flexibility index (Phi) is 4.81. The number of amides is 1. The van der Waals surface area contributed by atoms with E-state index in [-0.39, 0.29) is 37.1 Å². The molecule has 0 aliphatic heterocycles. The van der Waals surface area contributed by atoms with E-state index in [1.807, 2.05) is 0 Å². The molecule has 2 fully saturated rings. The normalized spacial score (nSPS) is 19.0. The molecule has 1 N–H and O–H groups in total. The van der Waals surface area contributed by atoms with Crippen molar-refractivity contribution in [1.82, 2.24) is 9.78 Å². The number of hydrogen-bond donors (Lipinski definition) is 1. The molecule has 4 rings (SSSR count). The van der Waals surface area contributed by atoms with E-state index in [1.165, 1.54) is 12.1 Å². The second kappa shape index (κ2) is 7.14. The number of anilines is 1. The second-order valence-electron chi connectivity index (χ2n) is 7.72. The Bertz CT molecular complexity index is 868. The first-order valence-electron chi connectivity index (χ1n) is 9.47. The van der Waals surface area contributed by atoms with E-state index >= 15 is 0 Å². The molecule has 2 aliphatic carbocycles. The summed E-state index contributed by atoms with van der Waals surface area (Å²) < 4.78 is 45.9. The number of aryl methyl sites for hydroxylation is 1. The molecule has 8 heteroatoms. The van der Waals surface area contributed by atoms with Crippen LogP contribution in [0.3, 0.4) is 0 Å². The molecule has 2 saturated carbocycles. The molecule has 1 amide bonds. The van der Waals surface area contributed by atoms with Crippen LogP contribution in [0.5, 0.6) is 0 Å². The lowest BCUT2D eigenvalue weighted by atomic mass is 9.79. The Hall–Kier alpha value is -2.51. The zero-order chi connectivity index (χ0) is 19.9. The van der Waals surface area contributed by atoms with Gasteiger partial charge in [0.05, 0.1) is 12.3 Å². The van der Waals surface area contributed by atoms with Crippen molar-refractivity contribution in [3.8, 4) is 11.3 Å². The zero-order valence-electron chi connectivity index (χ0n) is 15.6. The largest absolute Gasteiger partial charge is 0.449 e. The van der Waals surface area contributed by atoms with Gasteiger partial charge in [0.2, 0.25) is 5.92 Å². The fourth-order valence-electron chi connectivity index (χ4n) is 3.90. The summed E-state index contributed by atoms with van der Waals surface area (Å²) in [5.74, 6) is -2.58. The SMILES string of the molecule is Cn1nc(NC(=O)OCC2CC(F)(F)C2)c(C2CCC2)c1-c1ccc(F)cc1. The van der Waals surface area contributed by atoms with Gasteiger partial charge < -0.3 is 4.74 Å². The van der Waals surface area contributed by atoms with Crippen LogP contribution in [0.25, 0.3) is 11.3 Å². The zero-order valence-corrected chi connectivity index (χ0v) is 15.6. The van der Waals surface area contributed by atoms with Gasteiger partial charge in [-0.25, -0.2) is 18.0 Å². The minimum atomic E-state index is -2.63. The number of halogens is 3. The molecule has 0 saturated heterocycles. The van der Waals surface area contributed by atoms with E-state index in [0.717, 1.165) is 36.1 Å². The molecule has 5 nitrogen and oxygen atoms in total. The van der Waals surface area contributed by atoms with Gasteiger partial charge in [-0.15, -0.1) is 0 Å². The number of benzene rings is 1. The van der Waals surface area contributed by atoms with Gasteiger partial charge in [0.1, 0.15) is 5.82 Å². The second-order valence-corrected chi connectivity index (χ2v) is 7.72. The quantitative estimate of drug-likeness (QED) is 0.770. The average Bonchev–Trinajstić information content (AvgIpc) is 2.86. The molecular formula is C20H22F3N3O2. The van der Waals surface area contributed by atoms with E-state index in [9.17, 15) is 18.0 Å². The number of ether oxygens (including phenoxy) is 1. The van der Waals surface area contributed by atoms with E-state index in [0.29, 0.717) is 5.82 Å². The third kappa shape index (κ3) is 3.72. The van der Waals surface area contributed by atoms with Crippen LogP contribution in [-0.4, -0.2) is 28.4 Å². The van der Waals surface area contributed by atoms with Gasteiger partial charge in [-0.1, -0.05) is 6.42 Å². The summed E-state index contributed by atoms with van der Waals surface area (Å²) in [4.78, 5) is 12.2. The summed E-state index contributed by atoms with van der Waals surface area (Å²) in [7, 11) is 1.77. The van der Waals surface area contributed by atoms with Crippen molar-refractivity contribution in [2.24, 2.45) is 13.0 Å². The Morgan fingerprint density at radius 1 is 1.29 bits per heavy atom. The van der Waals surface area contributed by atoms with Gasteiger partial charge in [-0.05, 0) is 43.0 Å². The highest BCUT2D eigenvalue weighted by molar-refractivity contribution is 5.86. The topological polar surface area (TPSA) is 56.2 Å². The lowest BCUT2D eigenvalue weighted by molar-refractivity contribution is -0.121. The summed E-state index contributed by atoms with van der Waals surface area (Å²) >= 11 is 0. The number of carbonyl (C=O) groups is 1. The Balaban J connectivity index is 1.51. The fourth-order valence-corrected chi connectivity index (χ4v) is 3.90. The molecule has 0 unspecified atom stereocenters. The van der Waals surface area contributed by atoms with Crippen molar-refractivity contribution < 1.29 is 22.7 Å². The Labute approximate surface area is 160 Å². The lowest BCUT2D eigenvalue weighted by Crippen LogP contribution is -2.38. The van der Waals surface area contributed by atoms with Gasteiger partial charge in [0.15, 0.2) is 5.82 Å². The van der Waals surface area contributed by atoms with E-state index in [4.69, 9.17) is 4.74 Å². The predicted octanol–water partition coefficient (Wildman–Crippen LogP) is 5.09. The third-order valence-corrected chi connectivity index (χ3v) is 5.56. The first-order valence-corrected chi connectivity index (χ1v) is 9.47. The molecule has 0 spiro atoms. The maximum absolute atomic E-state index is 13.3. The number of nitrogens with one attached hydrogen (secondary N) is 1. The van der Waals surface area contributed by atoms with Crippen LogP contribution in [0.15, 0.2) is 24.3 Å². The average molecular weight is 393 g/mol. The van der Waals surface area contributed by atoms with Gasteiger partial charge in [0.25, 0.3) is 0 Å². The van der Waals surface area contributed by atoms with Gasteiger partial charge in [0, 0.05) is 36.9 Å². The first kappa shape index (κ1) is 18.8. The van der Waals surface area contributed by atoms with Gasteiger partial charge in [-0.2, -0.15) is 5.10 Å². The molecule has 150 valence electrons. The van der Waals surface area contributed by atoms with E-state index in [2.05, 4.69) is 10.4 Å². The van der Waals surface area contributed by atoms with Crippen LogP contribution in [0.2, 0.25) is 0 Å². The van der Waals surface area contributed by atoms with Gasteiger partial charge in [-0.3, -0.25) is 10.00 Å². The molecule has 1 heterocycles. The number of rotatable bonds is 5. The van der Waals surface area contributed by atoms with Crippen molar-refractivity contribution in [3.63, 3.8) is 0 Å². The maximum atomic E-state index is 13.3. The van der Waals surface area contributed by atoms with Crippen LogP contribution < -0.4 is 5.32 Å². The van der Waals surface area contributed by atoms with Crippen LogP contribution in [0.1, 0.15) is 43.6 Å². The van der Waals surface area contributed by atoms with Crippen LogP contribution in [-0.2, 0) is 11.8 Å². The van der Waals surface area contributed by atoms with Crippen molar-refractivity contribution in [1.29, 1.82) is 0 Å². The molecule has 1 aromatic heterocycles. The van der Waals surface area contributed by atoms with E-state index in [1.54, 1.807) is 23.9 Å². The molecule has 0 radical (unpaired) electrons. The summed E-state index contributed by atoms with van der Waals surface area (Å²) in [5, 5.41) is 7.10. The number of alkyl halides is 2. The van der Waals surface area contributed by atoms with Crippen molar-refractivity contribution in [2.75, 3.05) is 11.9 Å². The van der Waals surface area contributed by atoms with Crippen LogP contribution in [0, 0.1) is 11.7 Å². The molecule has 0 bridgehead atoms. The van der Waals surface area contributed by atoms with Crippen molar-refractivity contribution >= 4 is 11.9 Å². The number of hydrogen-bond acceptors (Lipinski definition) is 3. The number of nitrogens with zero attached hydrogens (tertiary/aromatic N) is 2. The number of carbonyl (C=O) groups excluding carboxylic acids is 1. The maximum Gasteiger partial charge on any atom is 0.412 e. The van der Waals surface area contributed by atoms with Crippen LogP contribution >= 0.6 is 0 Å². The number of aromatic nitrogens is 2. The van der Waals surface area contributed by atoms with Crippen molar-refractivity contribution in [3.05, 3.63) is 35.6 Å². The fraction of sp³-hybridized carbons (Fsp3) is 0.500. The molecule has 1 aromatic carbocycles. The minimum Gasteiger partial charge on any atom is -0.449 e. The summed E-state index contributed by atoms with van der Waals surface area (Å²) in [6, 6.07) is 6.16. The van der Waals surface area contributed by atoms with Gasteiger partial charge >= 0.3 is 6.09 Å². The lowest BCUT2D eigenvalue weighted by Gasteiger charge is -2.34. The standard InChI is InChI=1S/C20H22F3N3O2/c1-26-17(14-5-7-15(21)8-6-14)16(13-3-2-4-13)18(25-26)24-19(27)28-11-12-9-20(22,23)10-12/h5-8,12-13H,2-4,9-11H2,1H3,(H,24,25,27). The molecule has 28 heavy (non-hydrogen) atoms. The highest BCUT2D eigenvalue weighted by Gasteiger charge is 2.45. The minimum absolute atomic E-state index is 0.0299.